The fourth-order valence-corrected chi connectivity index (χ4v) is 5.95. The Balaban J connectivity index is 1.42. The summed E-state index contributed by atoms with van der Waals surface area (Å²) in [5.74, 6) is 0.641. The summed E-state index contributed by atoms with van der Waals surface area (Å²) in [4.78, 5) is 28.8. The highest BCUT2D eigenvalue weighted by atomic mass is 19.1. The van der Waals surface area contributed by atoms with Crippen LogP contribution in [0.1, 0.15) is 47.6 Å². The number of nitrogens with one attached hydrogen (secondary N) is 1. The van der Waals surface area contributed by atoms with Crippen molar-refractivity contribution in [1.82, 2.24) is 9.88 Å². The molecule has 1 aliphatic carbocycles. The summed E-state index contributed by atoms with van der Waals surface area (Å²) in [5, 5.41) is 3.74. The molecular formula is C30H32FN3O4. The fraction of sp³-hybridized carbons (Fsp3) is 0.400. The van der Waals surface area contributed by atoms with Crippen LogP contribution in [-0.2, 0) is 0 Å². The number of fused-ring (bicyclic) bond motifs is 2. The standard InChI is InChI=1S/C30H32FN3O4/c1-37-21-10-5-18(6-11-21)7-12-26(35)23-16-34(20-8-9-20)27-22(29(23)36)14-24(31)28(30(27)38-2)33-15-19-4-3-13-32-25(19)17-33/h5-7,10-12,14,16,19-20,25,32H,3-4,8-9,13,15,17H2,1-2H3. The van der Waals surface area contributed by atoms with Crippen molar-refractivity contribution in [3.8, 4) is 11.5 Å². The van der Waals surface area contributed by atoms with Crippen LogP contribution < -0.4 is 25.1 Å². The summed E-state index contributed by atoms with van der Waals surface area (Å²) in [6.07, 6.45) is 8.80. The van der Waals surface area contributed by atoms with Crippen molar-refractivity contribution in [3.63, 3.8) is 0 Å². The maximum absolute atomic E-state index is 15.8. The minimum absolute atomic E-state index is 0.0276. The van der Waals surface area contributed by atoms with E-state index in [1.807, 2.05) is 16.7 Å². The minimum Gasteiger partial charge on any atom is -0.497 e. The molecule has 2 saturated heterocycles. The number of carbonyl (C=O) groups is 1. The molecule has 8 heteroatoms. The van der Waals surface area contributed by atoms with Crippen LogP contribution in [0.15, 0.2) is 47.4 Å². The molecule has 1 aromatic heterocycles. The molecule has 0 bridgehead atoms. The van der Waals surface area contributed by atoms with E-state index in [1.54, 1.807) is 31.5 Å². The predicted octanol–water partition coefficient (Wildman–Crippen LogP) is 4.58. The van der Waals surface area contributed by atoms with Gasteiger partial charge in [0.15, 0.2) is 17.3 Å². The second-order valence-electron chi connectivity index (χ2n) is 10.5. The van der Waals surface area contributed by atoms with E-state index in [9.17, 15) is 9.59 Å². The van der Waals surface area contributed by atoms with Crippen molar-refractivity contribution in [2.24, 2.45) is 5.92 Å². The van der Waals surface area contributed by atoms with Gasteiger partial charge < -0.3 is 24.3 Å². The molecule has 3 aliphatic rings. The Morgan fingerprint density at radius 3 is 2.58 bits per heavy atom. The topological polar surface area (TPSA) is 72.8 Å². The molecule has 1 saturated carbocycles. The molecule has 0 radical (unpaired) electrons. The first kappa shape index (κ1) is 24.7. The molecule has 3 fully saturated rings. The van der Waals surface area contributed by atoms with E-state index in [4.69, 9.17) is 9.47 Å². The third kappa shape index (κ3) is 4.36. The van der Waals surface area contributed by atoms with Crippen molar-refractivity contribution in [3.05, 3.63) is 69.8 Å². The summed E-state index contributed by atoms with van der Waals surface area (Å²) in [6.45, 7) is 2.43. The van der Waals surface area contributed by atoms with Crippen LogP contribution >= 0.6 is 0 Å². The zero-order chi connectivity index (χ0) is 26.4. The van der Waals surface area contributed by atoms with Crippen LogP contribution in [0.5, 0.6) is 11.5 Å². The average molecular weight is 518 g/mol. The number of rotatable bonds is 7. The molecular weight excluding hydrogens is 485 g/mol. The van der Waals surface area contributed by atoms with Crippen molar-refractivity contribution in [2.45, 2.75) is 37.8 Å². The lowest BCUT2D eigenvalue weighted by Gasteiger charge is -2.25. The van der Waals surface area contributed by atoms with E-state index in [-0.39, 0.29) is 17.0 Å². The molecule has 2 unspecified atom stereocenters. The Kier molecular flexibility index (Phi) is 6.43. The van der Waals surface area contributed by atoms with E-state index < -0.39 is 17.0 Å². The van der Waals surface area contributed by atoms with Crippen molar-refractivity contribution < 1.29 is 18.7 Å². The maximum atomic E-state index is 15.8. The second kappa shape index (κ2) is 9.91. The van der Waals surface area contributed by atoms with Crippen molar-refractivity contribution in [1.29, 1.82) is 0 Å². The Hall–Kier alpha value is -3.65. The van der Waals surface area contributed by atoms with Crippen LogP contribution in [-0.4, -0.2) is 50.2 Å². The van der Waals surface area contributed by atoms with Gasteiger partial charge in [-0.25, -0.2) is 4.39 Å². The van der Waals surface area contributed by atoms with Gasteiger partial charge >= 0.3 is 0 Å². The molecule has 0 amide bonds. The minimum atomic E-state index is -0.495. The molecule has 3 heterocycles. The molecule has 2 aromatic carbocycles. The van der Waals surface area contributed by atoms with Gasteiger partial charge in [0.1, 0.15) is 11.4 Å². The molecule has 3 aromatic rings. The molecule has 2 aliphatic heterocycles. The van der Waals surface area contributed by atoms with Crippen molar-refractivity contribution >= 4 is 28.4 Å². The number of halogens is 1. The maximum Gasteiger partial charge on any atom is 0.200 e. The number of hydrogen-bond acceptors (Lipinski definition) is 6. The molecule has 38 heavy (non-hydrogen) atoms. The van der Waals surface area contributed by atoms with Crippen LogP contribution in [0.25, 0.3) is 17.0 Å². The average Bonchev–Trinajstić information content (AvgIpc) is 3.69. The van der Waals surface area contributed by atoms with Gasteiger partial charge in [-0.15, -0.1) is 0 Å². The van der Waals surface area contributed by atoms with Gasteiger partial charge in [0, 0.05) is 31.4 Å². The fourth-order valence-electron chi connectivity index (χ4n) is 5.95. The first-order chi connectivity index (χ1) is 18.5. The number of allylic oxidation sites excluding steroid dienone is 1. The molecule has 198 valence electrons. The molecule has 1 N–H and O–H groups in total. The lowest BCUT2D eigenvalue weighted by atomic mass is 9.94. The Morgan fingerprint density at radius 2 is 1.89 bits per heavy atom. The van der Waals surface area contributed by atoms with Gasteiger partial charge in [-0.05, 0) is 68.0 Å². The summed E-state index contributed by atoms with van der Waals surface area (Å²) in [6, 6.07) is 9.04. The van der Waals surface area contributed by atoms with Gasteiger partial charge in [0.2, 0.25) is 5.43 Å². The SMILES string of the molecule is COc1ccc(C=CC(=O)c2cn(C3CC3)c3c(OC)c(N4CC5CCCNC5C4)c(F)cc3c2=O)cc1. The smallest absolute Gasteiger partial charge is 0.200 e. The summed E-state index contributed by atoms with van der Waals surface area (Å²) in [5.41, 5.74) is 1.32. The number of piperidine rings is 1. The number of ketones is 1. The highest BCUT2D eigenvalue weighted by Crippen LogP contribution is 2.45. The van der Waals surface area contributed by atoms with E-state index in [1.165, 1.54) is 19.3 Å². The number of aromatic nitrogens is 1. The van der Waals surface area contributed by atoms with E-state index in [0.717, 1.165) is 50.1 Å². The quantitative estimate of drug-likeness (QED) is 0.366. The van der Waals surface area contributed by atoms with Crippen LogP contribution in [0.3, 0.4) is 0 Å². The number of hydrogen-bond donors (Lipinski definition) is 1. The number of benzene rings is 2. The predicted molar refractivity (Wildman–Crippen MR) is 146 cm³/mol. The van der Waals surface area contributed by atoms with Crippen molar-refractivity contribution in [2.75, 3.05) is 38.8 Å². The van der Waals surface area contributed by atoms with Crippen LogP contribution in [0.4, 0.5) is 10.1 Å². The van der Waals surface area contributed by atoms with Crippen LogP contribution in [0.2, 0.25) is 0 Å². The number of ether oxygens (including phenoxy) is 2. The number of methoxy groups -OCH3 is 2. The zero-order valence-electron chi connectivity index (χ0n) is 21.7. The summed E-state index contributed by atoms with van der Waals surface area (Å²) < 4.78 is 28.7. The molecule has 6 rings (SSSR count). The third-order valence-electron chi connectivity index (χ3n) is 8.07. The number of carbonyl (C=O) groups excluding carboxylic acids is 1. The normalized spacial score (nSPS) is 21.2. The van der Waals surface area contributed by atoms with Gasteiger partial charge in [-0.2, -0.15) is 0 Å². The van der Waals surface area contributed by atoms with Gasteiger partial charge in [0.25, 0.3) is 0 Å². The highest BCUT2D eigenvalue weighted by molar-refractivity contribution is 6.08. The van der Waals surface area contributed by atoms with Crippen LogP contribution in [0, 0.1) is 11.7 Å². The Labute approximate surface area is 220 Å². The van der Waals surface area contributed by atoms with Gasteiger partial charge in [-0.1, -0.05) is 18.2 Å². The first-order valence-corrected chi connectivity index (χ1v) is 13.3. The summed E-state index contributed by atoms with van der Waals surface area (Å²) >= 11 is 0. The highest BCUT2D eigenvalue weighted by Gasteiger charge is 2.38. The first-order valence-electron chi connectivity index (χ1n) is 13.3. The lowest BCUT2D eigenvalue weighted by Crippen LogP contribution is -2.40. The number of pyridine rings is 1. The molecule has 2 atom stereocenters. The summed E-state index contributed by atoms with van der Waals surface area (Å²) in [7, 11) is 3.12. The molecule has 0 spiro atoms. The molecule has 7 nitrogen and oxygen atoms in total. The van der Waals surface area contributed by atoms with E-state index >= 15 is 4.39 Å². The number of anilines is 1. The van der Waals surface area contributed by atoms with E-state index in [0.29, 0.717) is 35.5 Å². The number of nitrogens with zero attached hydrogens (tertiary/aromatic N) is 2. The van der Waals surface area contributed by atoms with Gasteiger partial charge in [-0.3, -0.25) is 9.59 Å². The Morgan fingerprint density at radius 1 is 1.11 bits per heavy atom. The second-order valence-corrected chi connectivity index (χ2v) is 10.5. The Bertz CT molecular complexity index is 1460. The van der Waals surface area contributed by atoms with E-state index in [2.05, 4.69) is 10.2 Å². The largest absolute Gasteiger partial charge is 0.497 e. The monoisotopic (exact) mass is 517 g/mol. The van der Waals surface area contributed by atoms with Gasteiger partial charge in [0.05, 0.1) is 30.7 Å². The third-order valence-corrected chi connectivity index (χ3v) is 8.07. The lowest BCUT2D eigenvalue weighted by molar-refractivity contribution is 0.104. The zero-order valence-corrected chi connectivity index (χ0v) is 21.7.